The first-order valence-electron chi connectivity index (χ1n) is 5.71. The predicted octanol–water partition coefficient (Wildman–Crippen LogP) is 2.71. The van der Waals surface area contributed by atoms with Crippen LogP contribution in [0.4, 0.5) is 11.5 Å². The molecule has 0 atom stereocenters. The number of rotatable bonds is 2. The van der Waals surface area contributed by atoms with Crippen molar-refractivity contribution >= 4 is 40.1 Å². The fourth-order valence-electron chi connectivity index (χ4n) is 1.74. The number of nitrogen functional groups attached to an aromatic ring is 1. The summed E-state index contributed by atoms with van der Waals surface area (Å²) in [5.41, 5.74) is 6.45. The van der Waals surface area contributed by atoms with Gasteiger partial charge in [-0.1, -0.05) is 11.6 Å². The van der Waals surface area contributed by atoms with Crippen LogP contribution in [0, 0.1) is 0 Å². The Morgan fingerprint density at radius 1 is 1.30 bits per heavy atom. The van der Waals surface area contributed by atoms with Crippen molar-refractivity contribution in [2.75, 3.05) is 11.1 Å². The molecule has 0 unspecified atom stereocenters. The van der Waals surface area contributed by atoms with E-state index in [-0.39, 0.29) is 11.4 Å². The average Bonchev–Trinajstić information content (AvgIpc) is 2.79. The van der Waals surface area contributed by atoms with Crippen molar-refractivity contribution in [3.8, 4) is 0 Å². The maximum absolute atomic E-state index is 12.1. The summed E-state index contributed by atoms with van der Waals surface area (Å²) in [6, 6.07) is 6.65. The van der Waals surface area contributed by atoms with Gasteiger partial charge in [-0.3, -0.25) is 4.79 Å². The Labute approximate surface area is 118 Å². The van der Waals surface area contributed by atoms with E-state index in [2.05, 4.69) is 15.3 Å². The highest BCUT2D eigenvalue weighted by Gasteiger charge is 2.19. The van der Waals surface area contributed by atoms with Gasteiger partial charge in [0.2, 0.25) is 11.5 Å². The number of anilines is 2. The van der Waals surface area contributed by atoms with Gasteiger partial charge in [0, 0.05) is 12.4 Å². The number of nitrogens with one attached hydrogen (secondary N) is 1. The molecule has 0 radical (unpaired) electrons. The minimum Gasteiger partial charge on any atom is -0.430 e. The van der Waals surface area contributed by atoms with E-state index in [1.165, 1.54) is 6.20 Å². The van der Waals surface area contributed by atoms with Crippen LogP contribution in [0.3, 0.4) is 0 Å². The van der Waals surface area contributed by atoms with Crippen LogP contribution in [0.2, 0.25) is 5.02 Å². The van der Waals surface area contributed by atoms with Crippen LogP contribution in [0.15, 0.2) is 41.1 Å². The molecule has 3 aromatic rings. The third-order valence-corrected chi connectivity index (χ3v) is 2.90. The van der Waals surface area contributed by atoms with Gasteiger partial charge in [0.05, 0.1) is 16.1 Å². The maximum Gasteiger partial charge on any atom is 0.294 e. The average molecular weight is 289 g/mol. The van der Waals surface area contributed by atoms with Gasteiger partial charge >= 0.3 is 0 Å². The number of aromatic nitrogens is 2. The molecule has 0 saturated carbocycles. The molecule has 0 aliphatic heterocycles. The highest BCUT2D eigenvalue weighted by Crippen LogP contribution is 2.27. The molecule has 7 heteroatoms. The molecule has 0 fully saturated rings. The van der Waals surface area contributed by atoms with E-state index in [1.54, 1.807) is 30.5 Å². The largest absolute Gasteiger partial charge is 0.430 e. The van der Waals surface area contributed by atoms with Crippen LogP contribution in [0.25, 0.3) is 11.1 Å². The first kappa shape index (κ1) is 12.4. The number of amides is 1. The number of furan rings is 1. The predicted molar refractivity (Wildman–Crippen MR) is 75.6 cm³/mol. The number of nitrogens with zero attached hydrogens (tertiary/aromatic N) is 2. The number of nitrogens with two attached hydrogens (primary N) is 1. The smallest absolute Gasteiger partial charge is 0.294 e. The second-order valence-electron chi connectivity index (χ2n) is 4.02. The number of carbonyl (C=O) groups is 1. The topological polar surface area (TPSA) is 94.0 Å². The van der Waals surface area contributed by atoms with Gasteiger partial charge in [0.25, 0.3) is 5.91 Å². The molecule has 0 aliphatic rings. The Morgan fingerprint density at radius 2 is 2.15 bits per heavy atom. The van der Waals surface area contributed by atoms with Crippen LogP contribution in [-0.4, -0.2) is 15.9 Å². The molecule has 3 aromatic heterocycles. The van der Waals surface area contributed by atoms with Crippen molar-refractivity contribution in [1.29, 1.82) is 0 Å². The molecule has 0 bridgehead atoms. The molecule has 6 nitrogen and oxygen atoms in total. The lowest BCUT2D eigenvalue weighted by Gasteiger charge is -2.02. The summed E-state index contributed by atoms with van der Waals surface area (Å²) in [5.74, 6) is -0.127. The lowest BCUT2D eigenvalue weighted by molar-refractivity contribution is 0.0999. The lowest BCUT2D eigenvalue weighted by atomic mass is 10.2. The van der Waals surface area contributed by atoms with E-state index < -0.39 is 5.91 Å². The molecule has 3 heterocycles. The van der Waals surface area contributed by atoms with Crippen molar-refractivity contribution in [3.63, 3.8) is 0 Å². The van der Waals surface area contributed by atoms with Gasteiger partial charge in [-0.05, 0) is 24.3 Å². The van der Waals surface area contributed by atoms with E-state index in [0.717, 1.165) is 0 Å². The monoisotopic (exact) mass is 288 g/mol. The summed E-state index contributed by atoms with van der Waals surface area (Å²) in [6.07, 6.45) is 2.99. The molecule has 1 amide bonds. The van der Waals surface area contributed by atoms with Crippen LogP contribution in [-0.2, 0) is 0 Å². The SMILES string of the molecule is Nc1c(C(=O)Nc2ccc(Cl)cn2)oc2ncccc12. The first-order valence-corrected chi connectivity index (χ1v) is 6.09. The Morgan fingerprint density at radius 3 is 2.85 bits per heavy atom. The number of carbonyl (C=O) groups excluding carboxylic acids is 1. The second kappa shape index (κ2) is 4.82. The van der Waals surface area contributed by atoms with Crippen LogP contribution < -0.4 is 11.1 Å². The third kappa shape index (κ3) is 2.17. The van der Waals surface area contributed by atoms with Crippen molar-refractivity contribution in [2.24, 2.45) is 0 Å². The summed E-state index contributed by atoms with van der Waals surface area (Å²) in [5, 5.41) is 3.66. The fourth-order valence-corrected chi connectivity index (χ4v) is 1.85. The van der Waals surface area contributed by atoms with Crippen molar-refractivity contribution in [2.45, 2.75) is 0 Å². The fraction of sp³-hybridized carbons (Fsp3) is 0. The molecule has 100 valence electrons. The molecule has 3 N–H and O–H groups in total. The zero-order chi connectivity index (χ0) is 14.1. The molecule has 0 spiro atoms. The highest BCUT2D eigenvalue weighted by molar-refractivity contribution is 6.30. The molecule has 20 heavy (non-hydrogen) atoms. The van der Waals surface area contributed by atoms with Gasteiger partial charge in [-0.15, -0.1) is 0 Å². The van der Waals surface area contributed by atoms with Crippen LogP contribution in [0.1, 0.15) is 10.6 Å². The first-order chi connectivity index (χ1) is 9.65. The second-order valence-corrected chi connectivity index (χ2v) is 4.45. The van der Waals surface area contributed by atoms with Crippen LogP contribution >= 0.6 is 11.6 Å². The minimum atomic E-state index is -0.490. The molecular weight excluding hydrogens is 280 g/mol. The molecule has 0 aromatic carbocycles. The van der Waals surface area contributed by atoms with Gasteiger partial charge < -0.3 is 15.5 Å². The molecular formula is C13H9ClN4O2. The van der Waals surface area contributed by atoms with Gasteiger partial charge in [0.1, 0.15) is 5.82 Å². The summed E-state index contributed by atoms with van der Waals surface area (Å²) in [6.45, 7) is 0. The number of halogens is 1. The zero-order valence-electron chi connectivity index (χ0n) is 10.1. The van der Waals surface area contributed by atoms with Crippen molar-refractivity contribution in [3.05, 3.63) is 47.4 Å². The van der Waals surface area contributed by atoms with Gasteiger partial charge in [-0.25, -0.2) is 9.97 Å². The molecule has 3 rings (SSSR count). The zero-order valence-corrected chi connectivity index (χ0v) is 10.9. The van der Waals surface area contributed by atoms with E-state index in [1.807, 2.05) is 0 Å². The van der Waals surface area contributed by atoms with E-state index in [4.69, 9.17) is 21.8 Å². The normalized spacial score (nSPS) is 10.7. The van der Waals surface area contributed by atoms with Crippen molar-refractivity contribution in [1.82, 2.24) is 9.97 Å². The standard InChI is InChI=1S/C13H9ClN4O2/c14-7-3-4-9(17-6-7)18-12(19)11-10(15)8-2-1-5-16-13(8)20-11/h1-6H,15H2,(H,17,18,19). The Bertz CT molecular complexity index is 783. The summed E-state index contributed by atoms with van der Waals surface area (Å²) in [4.78, 5) is 20.1. The summed E-state index contributed by atoms with van der Waals surface area (Å²) in [7, 11) is 0. The maximum atomic E-state index is 12.1. The van der Waals surface area contributed by atoms with Crippen LogP contribution in [0.5, 0.6) is 0 Å². The van der Waals surface area contributed by atoms with Gasteiger partial charge in [-0.2, -0.15) is 0 Å². The number of hydrogen-bond donors (Lipinski definition) is 2. The van der Waals surface area contributed by atoms with Crippen molar-refractivity contribution < 1.29 is 9.21 Å². The molecule has 0 saturated heterocycles. The quantitative estimate of drug-likeness (QED) is 0.756. The Hall–Kier alpha value is -2.60. The number of pyridine rings is 2. The van der Waals surface area contributed by atoms with E-state index >= 15 is 0 Å². The number of fused-ring (bicyclic) bond motifs is 1. The summed E-state index contributed by atoms with van der Waals surface area (Å²) >= 11 is 5.72. The van der Waals surface area contributed by atoms with Gasteiger partial charge in [0.15, 0.2) is 0 Å². The summed E-state index contributed by atoms with van der Waals surface area (Å²) < 4.78 is 5.35. The molecule has 0 aliphatic carbocycles. The number of hydrogen-bond acceptors (Lipinski definition) is 5. The van der Waals surface area contributed by atoms with E-state index in [0.29, 0.717) is 21.9 Å². The Balaban J connectivity index is 1.92. The Kier molecular flexibility index (Phi) is 3.00. The lowest BCUT2D eigenvalue weighted by Crippen LogP contribution is -2.13. The third-order valence-electron chi connectivity index (χ3n) is 2.68. The highest BCUT2D eigenvalue weighted by atomic mass is 35.5. The van der Waals surface area contributed by atoms with E-state index in [9.17, 15) is 4.79 Å². The minimum absolute atomic E-state index is 0.00968.